The van der Waals surface area contributed by atoms with Gasteiger partial charge in [0, 0.05) is 16.5 Å². The summed E-state index contributed by atoms with van der Waals surface area (Å²) in [6.45, 7) is 2.18. The van der Waals surface area contributed by atoms with Gasteiger partial charge in [0.1, 0.15) is 5.75 Å². The number of aryl methyl sites for hydroxylation is 1. The van der Waals surface area contributed by atoms with Crippen LogP contribution in [-0.4, -0.2) is 17.5 Å². The summed E-state index contributed by atoms with van der Waals surface area (Å²) in [7, 11) is 0. The highest BCUT2D eigenvalue weighted by Crippen LogP contribution is 2.27. The molecule has 0 aliphatic rings. The van der Waals surface area contributed by atoms with Crippen LogP contribution in [0, 0.1) is 6.92 Å². The molecule has 1 N–H and O–H groups in total. The third kappa shape index (κ3) is 4.37. The van der Waals surface area contributed by atoms with Gasteiger partial charge in [-0.3, -0.25) is 4.79 Å². The molecule has 20 heavy (non-hydrogen) atoms. The molecule has 0 radical (unpaired) electrons. The van der Waals surface area contributed by atoms with Crippen LogP contribution in [0.2, 0.25) is 10.0 Å². The summed E-state index contributed by atoms with van der Waals surface area (Å²) in [5, 5.41) is 6.51. The average Bonchev–Trinajstić information content (AvgIpc) is 2.83. The number of carbonyl (C=O) groups excluding carboxylic acids is 1. The van der Waals surface area contributed by atoms with E-state index in [9.17, 15) is 4.79 Å². The standard InChI is InChI=1S/C13H12Cl2N2O2S/c1-8-17-10(7-20-8)5-16-13(18)6-19-12-4-9(14)2-3-11(12)15/h2-4,7H,5-6H2,1H3,(H,16,18). The van der Waals surface area contributed by atoms with E-state index in [0.717, 1.165) is 10.7 Å². The number of nitrogens with zero attached hydrogens (tertiary/aromatic N) is 1. The largest absolute Gasteiger partial charge is 0.482 e. The Labute approximate surface area is 130 Å². The molecule has 2 rings (SSSR count). The molecule has 2 aromatic rings. The first-order chi connectivity index (χ1) is 9.54. The van der Waals surface area contributed by atoms with Crippen molar-refractivity contribution in [3.63, 3.8) is 0 Å². The normalized spacial score (nSPS) is 10.3. The summed E-state index contributed by atoms with van der Waals surface area (Å²) in [4.78, 5) is 15.9. The molecular weight excluding hydrogens is 319 g/mol. The fourth-order valence-corrected chi connectivity index (χ4v) is 2.41. The van der Waals surface area contributed by atoms with Gasteiger partial charge in [0.15, 0.2) is 6.61 Å². The van der Waals surface area contributed by atoms with E-state index in [-0.39, 0.29) is 12.5 Å². The minimum Gasteiger partial charge on any atom is -0.482 e. The zero-order valence-electron chi connectivity index (χ0n) is 10.7. The number of ether oxygens (including phenoxy) is 1. The summed E-state index contributed by atoms with van der Waals surface area (Å²) in [6, 6.07) is 4.84. The first-order valence-corrected chi connectivity index (χ1v) is 7.43. The maximum Gasteiger partial charge on any atom is 0.258 e. The van der Waals surface area contributed by atoms with Crippen LogP contribution in [0.25, 0.3) is 0 Å². The number of benzene rings is 1. The van der Waals surface area contributed by atoms with Crippen molar-refractivity contribution in [2.24, 2.45) is 0 Å². The first-order valence-electron chi connectivity index (χ1n) is 5.80. The highest BCUT2D eigenvalue weighted by molar-refractivity contribution is 7.09. The number of amides is 1. The van der Waals surface area contributed by atoms with E-state index in [4.69, 9.17) is 27.9 Å². The number of rotatable bonds is 5. The average molecular weight is 331 g/mol. The summed E-state index contributed by atoms with van der Waals surface area (Å²) in [5.74, 6) is 0.144. The van der Waals surface area contributed by atoms with Crippen molar-refractivity contribution in [2.75, 3.05) is 6.61 Å². The van der Waals surface area contributed by atoms with Gasteiger partial charge in [0.25, 0.3) is 5.91 Å². The van der Waals surface area contributed by atoms with Gasteiger partial charge in [-0.25, -0.2) is 4.98 Å². The molecular formula is C13H12Cl2N2O2S. The minimum atomic E-state index is -0.244. The highest BCUT2D eigenvalue weighted by atomic mass is 35.5. The maximum absolute atomic E-state index is 11.7. The van der Waals surface area contributed by atoms with Gasteiger partial charge in [0.2, 0.25) is 0 Å². The van der Waals surface area contributed by atoms with Crippen molar-refractivity contribution in [2.45, 2.75) is 13.5 Å². The molecule has 0 aliphatic carbocycles. The van der Waals surface area contributed by atoms with Gasteiger partial charge in [-0.15, -0.1) is 11.3 Å². The summed E-state index contributed by atoms with van der Waals surface area (Å²) < 4.78 is 5.33. The van der Waals surface area contributed by atoms with E-state index in [2.05, 4.69) is 10.3 Å². The lowest BCUT2D eigenvalue weighted by Crippen LogP contribution is -2.28. The third-order valence-electron chi connectivity index (χ3n) is 2.39. The Bertz CT molecular complexity index is 616. The van der Waals surface area contributed by atoms with Gasteiger partial charge in [-0.1, -0.05) is 23.2 Å². The first kappa shape index (κ1) is 15.1. The van der Waals surface area contributed by atoms with Crippen molar-refractivity contribution in [3.8, 4) is 5.75 Å². The lowest BCUT2D eigenvalue weighted by atomic mass is 10.3. The zero-order valence-corrected chi connectivity index (χ0v) is 13.0. The van der Waals surface area contributed by atoms with Crippen LogP contribution in [0.3, 0.4) is 0 Å². The maximum atomic E-state index is 11.7. The van der Waals surface area contributed by atoms with Crippen LogP contribution in [0.4, 0.5) is 0 Å². The molecule has 1 amide bonds. The number of thiazole rings is 1. The van der Waals surface area contributed by atoms with Crippen molar-refractivity contribution in [3.05, 3.63) is 44.3 Å². The van der Waals surface area contributed by atoms with E-state index in [1.54, 1.807) is 29.5 Å². The molecule has 1 aromatic carbocycles. The van der Waals surface area contributed by atoms with Crippen LogP contribution < -0.4 is 10.1 Å². The molecule has 0 saturated heterocycles. The van der Waals surface area contributed by atoms with E-state index in [0.29, 0.717) is 22.3 Å². The van der Waals surface area contributed by atoms with E-state index >= 15 is 0 Å². The molecule has 0 spiro atoms. The Morgan fingerprint density at radius 2 is 2.25 bits per heavy atom. The molecule has 1 heterocycles. The molecule has 0 saturated carbocycles. The second-order valence-corrected chi connectivity index (χ2v) is 5.90. The second-order valence-electron chi connectivity index (χ2n) is 4.00. The van der Waals surface area contributed by atoms with E-state index in [1.807, 2.05) is 12.3 Å². The number of hydrogen-bond acceptors (Lipinski definition) is 4. The van der Waals surface area contributed by atoms with Crippen LogP contribution in [0.15, 0.2) is 23.6 Å². The van der Waals surface area contributed by atoms with Gasteiger partial charge in [-0.2, -0.15) is 0 Å². The van der Waals surface area contributed by atoms with Crippen molar-refractivity contribution < 1.29 is 9.53 Å². The monoisotopic (exact) mass is 330 g/mol. The van der Waals surface area contributed by atoms with Gasteiger partial charge in [-0.05, 0) is 19.1 Å². The van der Waals surface area contributed by atoms with Crippen molar-refractivity contribution in [1.29, 1.82) is 0 Å². The predicted molar refractivity (Wildman–Crippen MR) is 80.7 cm³/mol. The molecule has 0 aliphatic heterocycles. The van der Waals surface area contributed by atoms with Gasteiger partial charge >= 0.3 is 0 Å². The Balaban J connectivity index is 1.81. The fraction of sp³-hybridized carbons (Fsp3) is 0.231. The molecule has 1 aromatic heterocycles. The fourth-order valence-electron chi connectivity index (χ4n) is 1.46. The number of aromatic nitrogens is 1. The smallest absolute Gasteiger partial charge is 0.258 e. The number of halogens is 2. The molecule has 0 unspecified atom stereocenters. The van der Waals surface area contributed by atoms with Crippen LogP contribution in [-0.2, 0) is 11.3 Å². The molecule has 0 fully saturated rings. The van der Waals surface area contributed by atoms with E-state index < -0.39 is 0 Å². The van der Waals surface area contributed by atoms with Crippen LogP contribution >= 0.6 is 34.5 Å². The lowest BCUT2D eigenvalue weighted by molar-refractivity contribution is -0.123. The molecule has 0 atom stereocenters. The summed E-state index contributed by atoms with van der Waals surface area (Å²) in [5.41, 5.74) is 0.835. The summed E-state index contributed by atoms with van der Waals surface area (Å²) >= 11 is 13.3. The lowest BCUT2D eigenvalue weighted by Gasteiger charge is -2.08. The van der Waals surface area contributed by atoms with Gasteiger partial charge in [0.05, 0.1) is 22.3 Å². The number of carbonyl (C=O) groups is 1. The number of hydrogen-bond donors (Lipinski definition) is 1. The highest BCUT2D eigenvalue weighted by Gasteiger charge is 2.07. The van der Waals surface area contributed by atoms with Crippen molar-refractivity contribution in [1.82, 2.24) is 10.3 Å². The molecule has 106 valence electrons. The second kappa shape index (κ2) is 6.92. The summed E-state index contributed by atoms with van der Waals surface area (Å²) in [6.07, 6.45) is 0. The molecule has 7 heteroatoms. The quantitative estimate of drug-likeness (QED) is 0.913. The van der Waals surface area contributed by atoms with Crippen LogP contribution in [0.5, 0.6) is 5.75 Å². The number of nitrogens with one attached hydrogen (secondary N) is 1. The topological polar surface area (TPSA) is 51.2 Å². The third-order valence-corrected chi connectivity index (χ3v) is 3.75. The SMILES string of the molecule is Cc1nc(CNC(=O)COc2cc(Cl)ccc2Cl)cs1. The minimum absolute atomic E-state index is 0.122. The Hall–Kier alpha value is -1.30. The Morgan fingerprint density at radius 3 is 2.95 bits per heavy atom. The predicted octanol–water partition coefficient (Wildman–Crippen LogP) is 3.45. The van der Waals surface area contributed by atoms with Gasteiger partial charge < -0.3 is 10.1 Å². The molecule has 4 nitrogen and oxygen atoms in total. The molecule has 0 bridgehead atoms. The van der Waals surface area contributed by atoms with E-state index in [1.165, 1.54) is 0 Å². The van der Waals surface area contributed by atoms with Crippen molar-refractivity contribution >= 4 is 40.4 Å². The Morgan fingerprint density at radius 1 is 1.45 bits per heavy atom. The van der Waals surface area contributed by atoms with Crippen LogP contribution in [0.1, 0.15) is 10.7 Å². The Kier molecular flexibility index (Phi) is 5.23. The zero-order chi connectivity index (χ0) is 14.5.